The van der Waals surface area contributed by atoms with Gasteiger partial charge in [0.1, 0.15) is 5.82 Å². The summed E-state index contributed by atoms with van der Waals surface area (Å²) in [7, 11) is 1.83. The van der Waals surface area contributed by atoms with Crippen molar-refractivity contribution < 1.29 is 14.0 Å². The minimum Gasteiger partial charge on any atom is -0.351 e. The highest BCUT2D eigenvalue weighted by Crippen LogP contribution is 2.17. The van der Waals surface area contributed by atoms with Gasteiger partial charge in [-0.2, -0.15) is 0 Å². The molecule has 1 fully saturated rings. The summed E-state index contributed by atoms with van der Waals surface area (Å²) in [4.78, 5) is 27.6. The second-order valence-electron chi connectivity index (χ2n) is 6.38. The standard InChI is InChI=1S/C18H26FN3O2/c1-13(18(24)20-12-15-6-4-5-7-17(15)19)22-10-8-16(9-11-22)21(3)14(2)23/h4-7,13,16H,8-12H2,1-3H3,(H,20,24). The number of hydrogen-bond acceptors (Lipinski definition) is 3. The van der Waals surface area contributed by atoms with E-state index in [2.05, 4.69) is 10.2 Å². The van der Waals surface area contributed by atoms with Gasteiger partial charge in [0.05, 0.1) is 6.04 Å². The van der Waals surface area contributed by atoms with Crippen LogP contribution in [-0.4, -0.2) is 53.8 Å². The van der Waals surface area contributed by atoms with Crippen LogP contribution in [0.2, 0.25) is 0 Å². The van der Waals surface area contributed by atoms with Crippen molar-refractivity contribution in [2.75, 3.05) is 20.1 Å². The van der Waals surface area contributed by atoms with Crippen molar-refractivity contribution in [2.45, 2.75) is 45.3 Å². The van der Waals surface area contributed by atoms with Crippen molar-refractivity contribution in [1.29, 1.82) is 0 Å². The Morgan fingerprint density at radius 2 is 1.96 bits per heavy atom. The molecule has 0 aromatic heterocycles. The predicted octanol–water partition coefficient (Wildman–Crippen LogP) is 1.77. The van der Waals surface area contributed by atoms with Gasteiger partial charge in [0.15, 0.2) is 0 Å². The maximum atomic E-state index is 13.6. The summed E-state index contributed by atoms with van der Waals surface area (Å²) in [5.74, 6) is -0.334. The number of likely N-dealkylation sites (tertiary alicyclic amines) is 1. The molecule has 1 aliphatic rings. The van der Waals surface area contributed by atoms with Crippen LogP contribution < -0.4 is 5.32 Å². The Kier molecular flexibility index (Phi) is 6.31. The number of amides is 2. The van der Waals surface area contributed by atoms with Gasteiger partial charge in [-0.15, -0.1) is 0 Å². The van der Waals surface area contributed by atoms with Crippen LogP contribution in [-0.2, 0) is 16.1 Å². The van der Waals surface area contributed by atoms with Gasteiger partial charge in [0.25, 0.3) is 0 Å². The molecular formula is C18H26FN3O2. The van der Waals surface area contributed by atoms with Crippen LogP contribution in [0, 0.1) is 5.82 Å². The summed E-state index contributed by atoms with van der Waals surface area (Å²) in [6.45, 7) is 5.18. The van der Waals surface area contributed by atoms with Gasteiger partial charge in [-0.05, 0) is 25.8 Å². The molecule has 1 aliphatic heterocycles. The Hall–Kier alpha value is -1.95. The van der Waals surface area contributed by atoms with Crippen molar-refractivity contribution in [3.63, 3.8) is 0 Å². The van der Waals surface area contributed by atoms with E-state index < -0.39 is 0 Å². The van der Waals surface area contributed by atoms with Crippen molar-refractivity contribution >= 4 is 11.8 Å². The molecule has 0 spiro atoms. The number of benzene rings is 1. The molecule has 0 aliphatic carbocycles. The molecule has 1 aromatic rings. The SMILES string of the molecule is CC(=O)N(C)C1CCN(C(C)C(=O)NCc2ccccc2F)CC1. The summed E-state index contributed by atoms with van der Waals surface area (Å²) in [5.41, 5.74) is 0.486. The van der Waals surface area contributed by atoms with Gasteiger partial charge < -0.3 is 10.2 Å². The molecule has 5 nitrogen and oxygen atoms in total. The molecule has 1 aromatic carbocycles. The van der Waals surface area contributed by atoms with E-state index in [1.807, 2.05) is 14.0 Å². The Bertz CT molecular complexity index is 585. The lowest BCUT2D eigenvalue weighted by molar-refractivity contribution is -0.132. The van der Waals surface area contributed by atoms with Crippen LogP contribution >= 0.6 is 0 Å². The van der Waals surface area contributed by atoms with Crippen LogP contribution in [0.5, 0.6) is 0 Å². The van der Waals surface area contributed by atoms with Crippen molar-refractivity contribution in [3.05, 3.63) is 35.6 Å². The Balaban J connectivity index is 1.82. The molecule has 6 heteroatoms. The largest absolute Gasteiger partial charge is 0.351 e. The van der Waals surface area contributed by atoms with E-state index in [-0.39, 0.29) is 36.3 Å². The Morgan fingerprint density at radius 3 is 2.54 bits per heavy atom. The summed E-state index contributed by atoms with van der Waals surface area (Å²) < 4.78 is 13.6. The van der Waals surface area contributed by atoms with Gasteiger partial charge in [-0.3, -0.25) is 14.5 Å². The summed E-state index contributed by atoms with van der Waals surface area (Å²) >= 11 is 0. The quantitative estimate of drug-likeness (QED) is 0.892. The van der Waals surface area contributed by atoms with Gasteiger partial charge >= 0.3 is 0 Å². The number of carbonyl (C=O) groups excluding carboxylic acids is 2. The maximum absolute atomic E-state index is 13.6. The molecule has 0 saturated carbocycles. The Morgan fingerprint density at radius 1 is 1.33 bits per heavy atom. The van der Waals surface area contributed by atoms with E-state index in [0.717, 1.165) is 25.9 Å². The van der Waals surface area contributed by atoms with E-state index in [4.69, 9.17) is 0 Å². The lowest BCUT2D eigenvalue weighted by Crippen LogP contribution is -2.51. The molecule has 1 saturated heterocycles. The van der Waals surface area contributed by atoms with Crippen LogP contribution in [0.4, 0.5) is 4.39 Å². The van der Waals surface area contributed by atoms with Crippen LogP contribution in [0.25, 0.3) is 0 Å². The third-order valence-electron chi connectivity index (χ3n) is 4.88. The van der Waals surface area contributed by atoms with E-state index in [0.29, 0.717) is 5.56 Å². The number of piperidine rings is 1. The minimum atomic E-state index is -0.307. The lowest BCUT2D eigenvalue weighted by atomic mass is 10.0. The molecule has 0 radical (unpaired) electrons. The fourth-order valence-electron chi connectivity index (χ4n) is 3.06. The topological polar surface area (TPSA) is 52.7 Å². The van der Waals surface area contributed by atoms with Crippen molar-refractivity contribution in [1.82, 2.24) is 15.1 Å². The van der Waals surface area contributed by atoms with Crippen molar-refractivity contribution in [3.8, 4) is 0 Å². The van der Waals surface area contributed by atoms with E-state index in [1.165, 1.54) is 6.07 Å². The number of nitrogens with one attached hydrogen (secondary N) is 1. The highest BCUT2D eigenvalue weighted by atomic mass is 19.1. The normalized spacial score (nSPS) is 17.3. The monoisotopic (exact) mass is 335 g/mol. The first-order chi connectivity index (χ1) is 11.4. The average Bonchev–Trinajstić information content (AvgIpc) is 2.59. The number of halogens is 1. The molecule has 1 heterocycles. The number of nitrogens with zero attached hydrogens (tertiary/aromatic N) is 2. The molecular weight excluding hydrogens is 309 g/mol. The fourth-order valence-corrected chi connectivity index (χ4v) is 3.06. The van der Waals surface area contributed by atoms with E-state index in [1.54, 1.807) is 30.0 Å². The third kappa shape index (κ3) is 4.54. The molecule has 132 valence electrons. The zero-order valence-corrected chi connectivity index (χ0v) is 14.6. The Labute approximate surface area is 142 Å². The van der Waals surface area contributed by atoms with Gasteiger partial charge in [0.2, 0.25) is 11.8 Å². The molecule has 1 N–H and O–H groups in total. The molecule has 0 bridgehead atoms. The minimum absolute atomic E-state index is 0.0733. The smallest absolute Gasteiger partial charge is 0.237 e. The summed E-state index contributed by atoms with van der Waals surface area (Å²) in [6, 6.07) is 6.42. The van der Waals surface area contributed by atoms with Crippen LogP contribution in [0.1, 0.15) is 32.3 Å². The van der Waals surface area contributed by atoms with Crippen LogP contribution in [0.15, 0.2) is 24.3 Å². The number of carbonyl (C=O) groups is 2. The number of rotatable bonds is 5. The van der Waals surface area contributed by atoms with E-state index in [9.17, 15) is 14.0 Å². The molecule has 2 amide bonds. The zero-order valence-electron chi connectivity index (χ0n) is 14.6. The first-order valence-corrected chi connectivity index (χ1v) is 8.38. The third-order valence-corrected chi connectivity index (χ3v) is 4.88. The second-order valence-corrected chi connectivity index (χ2v) is 6.38. The van der Waals surface area contributed by atoms with Crippen molar-refractivity contribution in [2.24, 2.45) is 0 Å². The highest BCUT2D eigenvalue weighted by Gasteiger charge is 2.28. The summed E-state index contributed by atoms with van der Waals surface area (Å²) in [5, 5.41) is 2.80. The predicted molar refractivity (Wildman–Crippen MR) is 90.7 cm³/mol. The molecule has 1 atom stereocenters. The lowest BCUT2D eigenvalue weighted by Gasteiger charge is -2.38. The van der Waals surface area contributed by atoms with Crippen LogP contribution in [0.3, 0.4) is 0 Å². The molecule has 2 rings (SSSR count). The fraction of sp³-hybridized carbons (Fsp3) is 0.556. The van der Waals surface area contributed by atoms with E-state index >= 15 is 0 Å². The van der Waals surface area contributed by atoms with Gasteiger partial charge in [-0.25, -0.2) is 4.39 Å². The number of hydrogen-bond donors (Lipinski definition) is 1. The average molecular weight is 335 g/mol. The first-order valence-electron chi connectivity index (χ1n) is 8.38. The zero-order chi connectivity index (χ0) is 17.7. The first kappa shape index (κ1) is 18.4. The second kappa shape index (κ2) is 8.24. The molecule has 24 heavy (non-hydrogen) atoms. The van der Waals surface area contributed by atoms with Gasteiger partial charge in [0, 0.05) is 45.2 Å². The maximum Gasteiger partial charge on any atom is 0.237 e. The molecule has 1 unspecified atom stereocenters. The highest BCUT2D eigenvalue weighted by molar-refractivity contribution is 5.81. The summed E-state index contributed by atoms with van der Waals surface area (Å²) in [6.07, 6.45) is 1.72. The van der Waals surface area contributed by atoms with Gasteiger partial charge in [-0.1, -0.05) is 18.2 Å².